The predicted octanol–water partition coefficient (Wildman–Crippen LogP) is 3.04. The monoisotopic (exact) mass is 339 g/mol. The van der Waals surface area contributed by atoms with Gasteiger partial charge in [-0.05, 0) is 30.4 Å². The molecular formula is C18H18FN5O. The Kier molecular flexibility index (Phi) is 4.65. The number of hydrogen-bond acceptors (Lipinski definition) is 5. The standard InChI is InChI=1S/C18H18FN5O/c1-21-13-3-4-17(14(19)10-13)25-18-9-12(11-22-15(18)5-7-20)16-6-8-23-24(16)2/h3-11,20-22H,1-2H3/b15-5-,20-7?. The number of nitrogens with zero attached hydrogens (tertiary/aromatic N) is 2. The van der Waals surface area contributed by atoms with Crippen LogP contribution in [0.25, 0.3) is 5.57 Å². The molecule has 2 heterocycles. The van der Waals surface area contributed by atoms with Crippen LogP contribution < -0.4 is 15.4 Å². The van der Waals surface area contributed by atoms with Gasteiger partial charge in [0.25, 0.3) is 0 Å². The number of nitrogens with one attached hydrogen (secondary N) is 3. The Labute approximate surface area is 144 Å². The summed E-state index contributed by atoms with van der Waals surface area (Å²) in [5.74, 6) is 0.0473. The summed E-state index contributed by atoms with van der Waals surface area (Å²) in [5, 5.41) is 17.4. The van der Waals surface area contributed by atoms with Gasteiger partial charge in [-0.3, -0.25) is 4.68 Å². The molecule has 0 radical (unpaired) electrons. The first-order valence-electron chi connectivity index (χ1n) is 7.65. The van der Waals surface area contributed by atoms with Crippen LogP contribution in [0, 0.1) is 11.2 Å². The van der Waals surface area contributed by atoms with Crippen LogP contribution >= 0.6 is 0 Å². The number of halogens is 1. The number of anilines is 1. The molecule has 25 heavy (non-hydrogen) atoms. The van der Waals surface area contributed by atoms with Gasteiger partial charge in [-0.1, -0.05) is 0 Å². The van der Waals surface area contributed by atoms with Crippen LogP contribution in [-0.2, 0) is 7.05 Å². The molecule has 0 saturated carbocycles. The van der Waals surface area contributed by atoms with Gasteiger partial charge < -0.3 is 20.8 Å². The summed E-state index contributed by atoms with van der Waals surface area (Å²) in [7, 11) is 3.56. The van der Waals surface area contributed by atoms with E-state index in [9.17, 15) is 4.39 Å². The maximum atomic E-state index is 14.2. The molecule has 1 aliphatic heterocycles. The van der Waals surface area contributed by atoms with E-state index in [1.165, 1.54) is 6.07 Å². The Morgan fingerprint density at radius 2 is 2.20 bits per heavy atom. The van der Waals surface area contributed by atoms with Gasteiger partial charge in [-0.15, -0.1) is 0 Å². The fraction of sp³-hybridized carbons (Fsp3) is 0.111. The summed E-state index contributed by atoms with van der Waals surface area (Å²) in [4.78, 5) is 0. The zero-order valence-corrected chi connectivity index (χ0v) is 13.9. The van der Waals surface area contributed by atoms with Crippen LogP contribution in [0.15, 0.2) is 60.3 Å². The zero-order valence-electron chi connectivity index (χ0n) is 13.9. The minimum Gasteiger partial charge on any atom is -0.452 e. The molecule has 3 rings (SSSR count). The summed E-state index contributed by atoms with van der Waals surface area (Å²) in [6.07, 6.45) is 7.96. The van der Waals surface area contributed by atoms with E-state index in [0.29, 0.717) is 17.1 Å². The van der Waals surface area contributed by atoms with Gasteiger partial charge in [0.2, 0.25) is 0 Å². The zero-order chi connectivity index (χ0) is 17.8. The van der Waals surface area contributed by atoms with Crippen molar-refractivity contribution < 1.29 is 9.13 Å². The molecule has 1 aromatic heterocycles. The van der Waals surface area contributed by atoms with E-state index in [0.717, 1.165) is 17.5 Å². The van der Waals surface area contributed by atoms with Crippen molar-refractivity contribution in [2.45, 2.75) is 0 Å². The maximum absolute atomic E-state index is 14.2. The maximum Gasteiger partial charge on any atom is 0.167 e. The first kappa shape index (κ1) is 16.5. The molecule has 1 aliphatic rings. The molecule has 0 aliphatic carbocycles. The third-order valence-electron chi connectivity index (χ3n) is 3.74. The number of aromatic nitrogens is 2. The molecule has 128 valence electrons. The first-order valence-corrected chi connectivity index (χ1v) is 7.65. The second-order valence-electron chi connectivity index (χ2n) is 5.34. The van der Waals surface area contributed by atoms with Crippen molar-refractivity contribution in [1.29, 1.82) is 5.41 Å². The average molecular weight is 339 g/mol. The van der Waals surface area contributed by atoms with Crippen molar-refractivity contribution in [1.82, 2.24) is 15.1 Å². The molecule has 0 atom stereocenters. The lowest BCUT2D eigenvalue weighted by molar-refractivity contribution is 0.401. The SMILES string of the molecule is CNc1ccc(OC2=CC(c3ccnn3C)=CN/C2=C\C=N)c(F)c1. The van der Waals surface area contributed by atoms with Gasteiger partial charge in [0.05, 0.1) is 11.4 Å². The van der Waals surface area contributed by atoms with E-state index in [4.69, 9.17) is 10.1 Å². The lowest BCUT2D eigenvalue weighted by Crippen LogP contribution is -2.17. The number of benzene rings is 1. The quantitative estimate of drug-likeness (QED) is 0.732. The van der Waals surface area contributed by atoms with Crippen molar-refractivity contribution in [3.05, 3.63) is 71.8 Å². The number of aryl methyl sites for hydroxylation is 1. The van der Waals surface area contributed by atoms with Crippen molar-refractivity contribution in [2.75, 3.05) is 12.4 Å². The number of allylic oxidation sites excluding steroid dienone is 3. The Bertz CT molecular complexity index is 895. The van der Waals surface area contributed by atoms with Crippen molar-refractivity contribution >= 4 is 17.5 Å². The Balaban J connectivity index is 1.96. The van der Waals surface area contributed by atoms with E-state index in [2.05, 4.69) is 15.7 Å². The van der Waals surface area contributed by atoms with E-state index < -0.39 is 5.82 Å². The topological polar surface area (TPSA) is 75.0 Å². The summed E-state index contributed by atoms with van der Waals surface area (Å²) >= 11 is 0. The van der Waals surface area contributed by atoms with Crippen LogP contribution in [0.5, 0.6) is 5.75 Å². The molecule has 0 bridgehead atoms. The summed E-state index contributed by atoms with van der Waals surface area (Å²) < 4.78 is 21.7. The highest BCUT2D eigenvalue weighted by atomic mass is 19.1. The van der Waals surface area contributed by atoms with Crippen LogP contribution in [0.2, 0.25) is 0 Å². The smallest absolute Gasteiger partial charge is 0.167 e. The van der Waals surface area contributed by atoms with E-state index in [-0.39, 0.29) is 5.75 Å². The second kappa shape index (κ2) is 7.04. The fourth-order valence-corrected chi connectivity index (χ4v) is 2.45. The van der Waals surface area contributed by atoms with Crippen LogP contribution in [0.1, 0.15) is 5.69 Å². The highest BCUT2D eigenvalue weighted by Crippen LogP contribution is 2.28. The highest BCUT2D eigenvalue weighted by Gasteiger charge is 2.17. The second-order valence-corrected chi connectivity index (χ2v) is 5.34. The summed E-state index contributed by atoms with van der Waals surface area (Å²) in [5.41, 5.74) is 2.95. The van der Waals surface area contributed by atoms with E-state index >= 15 is 0 Å². The van der Waals surface area contributed by atoms with Gasteiger partial charge >= 0.3 is 0 Å². The normalized spacial score (nSPS) is 15.2. The molecule has 0 amide bonds. The predicted molar refractivity (Wildman–Crippen MR) is 95.8 cm³/mol. The van der Waals surface area contributed by atoms with Crippen molar-refractivity contribution in [2.24, 2.45) is 7.05 Å². The molecule has 0 spiro atoms. The van der Waals surface area contributed by atoms with Gasteiger partial charge in [0.15, 0.2) is 17.3 Å². The lowest BCUT2D eigenvalue weighted by Gasteiger charge is -2.19. The molecule has 0 unspecified atom stereocenters. The number of hydrogen-bond donors (Lipinski definition) is 3. The van der Waals surface area contributed by atoms with E-state index in [1.807, 2.05) is 13.1 Å². The average Bonchev–Trinajstić information content (AvgIpc) is 3.04. The molecule has 3 N–H and O–H groups in total. The van der Waals surface area contributed by atoms with Gasteiger partial charge in [0.1, 0.15) is 0 Å². The number of ether oxygens (including phenoxy) is 1. The first-order chi connectivity index (χ1) is 12.1. The molecule has 6 nitrogen and oxygen atoms in total. The van der Waals surface area contributed by atoms with E-state index in [1.54, 1.807) is 48.4 Å². The molecular weight excluding hydrogens is 321 g/mol. The fourth-order valence-electron chi connectivity index (χ4n) is 2.45. The molecule has 7 heteroatoms. The minimum absolute atomic E-state index is 0.106. The van der Waals surface area contributed by atoms with Gasteiger partial charge in [-0.25, -0.2) is 4.39 Å². The third-order valence-corrected chi connectivity index (χ3v) is 3.74. The Morgan fingerprint density at radius 3 is 2.84 bits per heavy atom. The Hall–Kier alpha value is -3.35. The molecule has 0 fully saturated rings. The van der Waals surface area contributed by atoms with Crippen molar-refractivity contribution in [3.63, 3.8) is 0 Å². The largest absolute Gasteiger partial charge is 0.452 e. The van der Waals surface area contributed by atoms with Gasteiger partial charge in [0, 0.05) is 50.0 Å². The molecule has 1 aromatic carbocycles. The lowest BCUT2D eigenvalue weighted by atomic mass is 10.1. The van der Waals surface area contributed by atoms with Gasteiger partial charge in [-0.2, -0.15) is 5.10 Å². The number of dihydropyridines is 1. The highest BCUT2D eigenvalue weighted by molar-refractivity contribution is 5.77. The molecule has 2 aromatic rings. The van der Waals surface area contributed by atoms with Crippen LogP contribution in [0.3, 0.4) is 0 Å². The minimum atomic E-state index is -0.474. The van der Waals surface area contributed by atoms with Crippen LogP contribution in [-0.4, -0.2) is 23.0 Å². The van der Waals surface area contributed by atoms with Crippen molar-refractivity contribution in [3.8, 4) is 5.75 Å². The summed E-state index contributed by atoms with van der Waals surface area (Å²) in [6, 6.07) is 6.53. The summed E-state index contributed by atoms with van der Waals surface area (Å²) in [6.45, 7) is 0. The van der Waals surface area contributed by atoms with Crippen LogP contribution in [0.4, 0.5) is 10.1 Å². The third kappa shape index (κ3) is 3.45. The number of rotatable bonds is 5. The Morgan fingerprint density at radius 1 is 1.36 bits per heavy atom. The molecule has 0 saturated heterocycles.